The molecule has 0 unspecified atom stereocenters. The van der Waals surface area contributed by atoms with Crippen LogP contribution >= 0.6 is 15.9 Å². The standard InChI is InChI=1S/C13H12BrNO2/c14-10-2-1-9(13(15)7-10)8-17-12-5-3-11(16)4-6-12/h1-7,16H,8,15H2. The smallest absolute Gasteiger partial charge is 0.120 e. The molecule has 0 bridgehead atoms. The van der Waals surface area contributed by atoms with Crippen molar-refractivity contribution in [1.82, 2.24) is 0 Å². The molecule has 0 aliphatic rings. The first-order valence-electron chi connectivity index (χ1n) is 5.11. The number of hydrogen-bond acceptors (Lipinski definition) is 3. The lowest BCUT2D eigenvalue weighted by molar-refractivity contribution is 0.306. The maximum absolute atomic E-state index is 9.14. The normalized spacial score (nSPS) is 10.2. The number of nitrogens with two attached hydrogens (primary N) is 1. The molecule has 3 N–H and O–H groups in total. The topological polar surface area (TPSA) is 55.5 Å². The number of ether oxygens (including phenoxy) is 1. The molecule has 0 heterocycles. The van der Waals surface area contributed by atoms with Gasteiger partial charge < -0.3 is 15.6 Å². The Kier molecular flexibility index (Phi) is 3.54. The molecule has 0 radical (unpaired) electrons. The molecule has 3 nitrogen and oxygen atoms in total. The van der Waals surface area contributed by atoms with E-state index in [0.29, 0.717) is 18.0 Å². The summed E-state index contributed by atoms with van der Waals surface area (Å²) < 4.78 is 6.51. The number of rotatable bonds is 3. The Morgan fingerprint density at radius 2 is 1.82 bits per heavy atom. The van der Waals surface area contributed by atoms with Crippen molar-refractivity contribution in [3.8, 4) is 11.5 Å². The first-order chi connectivity index (χ1) is 8.15. The van der Waals surface area contributed by atoms with Gasteiger partial charge in [-0.2, -0.15) is 0 Å². The van der Waals surface area contributed by atoms with Crippen molar-refractivity contribution in [1.29, 1.82) is 0 Å². The van der Waals surface area contributed by atoms with Crippen LogP contribution in [0.25, 0.3) is 0 Å². The molecule has 0 saturated heterocycles. The van der Waals surface area contributed by atoms with Crippen LogP contribution in [-0.2, 0) is 6.61 Å². The van der Waals surface area contributed by atoms with Gasteiger partial charge in [-0.15, -0.1) is 0 Å². The van der Waals surface area contributed by atoms with E-state index in [9.17, 15) is 0 Å². The van der Waals surface area contributed by atoms with Crippen molar-refractivity contribution in [3.05, 3.63) is 52.5 Å². The van der Waals surface area contributed by atoms with Gasteiger partial charge in [0.15, 0.2) is 0 Å². The summed E-state index contributed by atoms with van der Waals surface area (Å²) in [7, 11) is 0. The number of phenols is 1. The quantitative estimate of drug-likeness (QED) is 0.854. The first-order valence-corrected chi connectivity index (χ1v) is 5.90. The Morgan fingerprint density at radius 1 is 1.12 bits per heavy atom. The third-order valence-corrected chi connectivity index (χ3v) is 2.83. The highest BCUT2D eigenvalue weighted by Gasteiger charge is 2.01. The molecule has 2 aromatic carbocycles. The van der Waals surface area contributed by atoms with E-state index >= 15 is 0 Å². The van der Waals surface area contributed by atoms with E-state index in [2.05, 4.69) is 15.9 Å². The van der Waals surface area contributed by atoms with E-state index in [1.54, 1.807) is 24.3 Å². The number of nitrogen functional groups attached to an aromatic ring is 1. The fourth-order valence-electron chi connectivity index (χ4n) is 1.40. The monoisotopic (exact) mass is 293 g/mol. The largest absolute Gasteiger partial charge is 0.508 e. The van der Waals surface area contributed by atoms with Gasteiger partial charge in [0.25, 0.3) is 0 Å². The predicted molar refractivity (Wildman–Crippen MR) is 71.0 cm³/mol. The van der Waals surface area contributed by atoms with E-state index in [1.807, 2.05) is 18.2 Å². The van der Waals surface area contributed by atoms with Crippen molar-refractivity contribution in [2.24, 2.45) is 0 Å². The second kappa shape index (κ2) is 5.10. The third-order valence-electron chi connectivity index (χ3n) is 2.34. The lowest BCUT2D eigenvalue weighted by Crippen LogP contribution is -1.99. The van der Waals surface area contributed by atoms with Crippen LogP contribution < -0.4 is 10.5 Å². The van der Waals surface area contributed by atoms with Gasteiger partial charge in [0.2, 0.25) is 0 Å². The molecule has 2 aromatic rings. The van der Waals surface area contributed by atoms with Gasteiger partial charge in [-0.3, -0.25) is 0 Å². The summed E-state index contributed by atoms with van der Waals surface area (Å²) in [5.74, 6) is 0.922. The lowest BCUT2D eigenvalue weighted by Gasteiger charge is -2.08. The molecule has 88 valence electrons. The molecule has 0 amide bonds. The van der Waals surface area contributed by atoms with Crippen LogP contribution in [0.5, 0.6) is 11.5 Å². The predicted octanol–water partition coefficient (Wildman–Crippen LogP) is 3.32. The minimum absolute atomic E-state index is 0.223. The van der Waals surface area contributed by atoms with Gasteiger partial charge in [-0.1, -0.05) is 22.0 Å². The Bertz CT molecular complexity index is 511. The van der Waals surface area contributed by atoms with Crippen molar-refractivity contribution in [3.63, 3.8) is 0 Å². The average Bonchev–Trinajstić information content (AvgIpc) is 2.30. The van der Waals surface area contributed by atoms with Gasteiger partial charge >= 0.3 is 0 Å². The molecule has 0 aliphatic heterocycles. The van der Waals surface area contributed by atoms with Gasteiger partial charge in [0.05, 0.1) is 0 Å². The summed E-state index contributed by atoms with van der Waals surface area (Å²) in [6.07, 6.45) is 0. The number of aromatic hydroxyl groups is 1. The SMILES string of the molecule is Nc1cc(Br)ccc1COc1ccc(O)cc1. The molecule has 0 aliphatic carbocycles. The van der Waals surface area contributed by atoms with Crippen LogP contribution in [0.2, 0.25) is 0 Å². The van der Waals surface area contributed by atoms with E-state index in [4.69, 9.17) is 15.6 Å². The highest BCUT2D eigenvalue weighted by Crippen LogP contribution is 2.21. The first kappa shape index (κ1) is 11.8. The summed E-state index contributed by atoms with van der Waals surface area (Å²) in [5.41, 5.74) is 7.48. The van der Waals surface area contributed by atoms with Gasteiger partial charge in [-0.05, 0) is 36.4 Å². The molecular weight excluding hydrogens is 282 g/mol. The van der Waals surface area contributed by atoms with E-state index in [-0.39, 0.29) is 5.75 Å². The minimum Gasteiger partial charge on any atom is -0.508 e. The molecule has 0 spiro atoms. The van der Waals surface area contributed by atoms with Crippen LogP contribution in [0, 0.1) is 0 Å². The van der Waals surface area contributed by atoms with Crippen molar-refractivity contribution < 1.29 is 9.84 Å². The number of halogens is 1. The highest BCUT2D eigenvalue weighted by atomic mass is 79.9. The number of benzene rings is 2. The highest BCUT2D eigenvalue weighted by molar-refractivity contribution is 9.10. The second-order valence-electron chi connectivity index (χ2n) is 3.63. The maximum atomic E-state index is 9.14. The fourth-order valence-corrected chi connectivity index (χ4v) is 1.78. The lowest BCUT2D eigenvalue weighted by atomic mass is 10.2. The minimum atomic E-state index is 0.223. The molecule has 0 fully saturated rings. The number of anilines is 1. The van der Waals surface area contributed by atoms with Gasteiger partial charge in [0, 0.05) is 15.7 Å². The second-order valence-corrected chi connectivity index (χ2v) is 4.54. The van der Waals surface area contributed by atoms with Crippen LogP contribution in [0.15, 0.2) is 46.9 Å². The van der Waals surface area contributed by atoms with Crippen LogP contribution in [0.1, 0.15) is 5.56 Å². The zero-order chi connectivity index (χ0) is 12.3. The van der Waals surface area contributed by atoms with Crippen molar-refractivity contribution >= 4 is 21.6 Å². The number of phenolic OH excluding ortho intramolecular Hbond substituents is 1. The Balaban J connectivity index is 2.04. The Morgan fingerprint density at radius 3 is 2.47 bits per heavy atom. The molecular formula is C13H12BrNO2. The molecule has 2 rings (SSSR count). The summed E-state index contributed by atoms with van der Waals surface area (Å²) in [4.78, 5) is 0. The fraction of sp³-hybridized carbons (Fsp3) is 0.0769. The van der Waals surface area contributed by atoms with Gasteiger partial charge in [-0.25, -0.2) is 0 Å². The zero-order valence-corrected chi connectivity index (χ0v) is 10.6. The molecule has 0 saturated carbocycles. The Labute approximate surface area is 108 Å². The van der Waals surface area contributed by atoms with Crippen molar-refractivity contribution in [2.45, 2.75) is 6.61 Å². The number of hydrogen-bond donors (Lipinski definition) is 2. The molecule has 17 heavy (non-hydrogen) atoms. The summed E-state index contributed by atoms with van der Waals surface area (Å²) >= 11 is 3.35. The maximum Gasteiger partial charge on any atom is 0.120 e. The van der Waals surface area contributed by atoms with Gasteiger partial charge in [0.1, 0.15) is 18.1 Å². The van der Waals surface area contributed by atoms with E-state index < -0.39 is 0 Å². The Hall–Kier alpha value is -1.68. The third kappa shape index (κ3) is 3.14. The van der Waals surface area contributed by atoms with Crippen LogP contribution in [0.3, 0.4) is 0 Å². The molecule has 0 atom stereocenters. The van der Waals surface area contributed by atoms with E-state index in [1.165, 1.54) is 0 Å². The zero-order valence-electron chi connectivity index (χ0n) is 9.06. The van der Waals surface area contributed by atoms with Crippen LogP contribution in [0.4, 0.5) is 5.69 Å². The van der Waals surface area contributed by atoms with Crippen molar-refractivity contribution in [2.75, 3.05) is 5.73 Å². The van der Waals surface area contributed by atoms with Crippen LogP contribution in [-0.4, -0.2) is 5.11 Å². The summed E-state index contributed by atoms with van der Waals surface area (Å²) in [5, 5.41) is 9.14. The average molecular weight is 294 g/mol. The summed E-state index contributed by atoms with van der Waals surface area (Å²) in [6.45, 7) is 0.407. The molecule has 4 heteroatoms. The molecule has 0 aromatic heterocycles. The summed E-state index contributed by atoms with van der Waals surface area (Å²) in [6, 6.07) is 12.3. The van der Waals surface area contributed by atoms with E-state index in [0.717, 1.165) is 10.0 Å².